The van der Waals surface area contributed by atoms with Crippen LogP contribution in [-0.4, -0.2) is 55.4 Å². The first-order valence-corrected chi connectivity index (χ1v) is 16.5. The van der Waals surface area contributed by atoms with Gasteiger partial charge in [0.05, 0.1) is 29.8 Å². The molecule has 2 saturated heterocycles. The molecule has 2 aliphatic heterocycles. The highest BCUT2D eigenvalue weighted by molar-refractivity contribution is 7.89. The highest BCUT2D eigenvalue weighted by Gasteiger charge is 2.43. The molecule has 0 saturated carbocycles. The lowest BCUT2D eigenvalue weighted by atomic mass is 9.83. The minimum atomic E-state index is -3.62. The standard InChI is InChI=1S/C35H38N2O6S/c38-24-26-13-15-28(16-14-26)34-33(27-7-3-1-4-8-27)32(23-37-20-19-30(39)22-37)42-35(43-34)29-17-11-25(12-18-29)21-36-44(40,41)31-9-5-2-6-10-31/h1-18,30,32-36,38-39H,19-24H2/t30-,32-,33-,34+,35?/m1/s1. The van der Waals surface area contributed by atoms with E-state index in [9.17, 15) is 18.6 Å². The third-order valence-corrected chi connectivity index (χ3v) is 9.85. The fourth-order valence-corrected chi connectivity index (χ4v) is 7.09. The van der Waals surface area contributed by atoms with Crippen LogP contribution in [0.1, 0.15) is 52.5 Å². The Labute approximate surface area is 258 Å². The maximum Gasteiger partial charge on any atom is 0.240 e. The van der Waals surface area contributed by atoms with Crippen molar-refractivity contribution < 1.29 is 28.1 Å². The molecule has 5 atom stereocenters. The Kier molecular flexibility index (Phi) is 9.53. The molecule has 0 spiro atoms. The summed E-state index contributed by atoms with van der Waals surface area (Å²) in [5.41, 5.74) is 4.56. The highest BCUT2D eigenvalue weighted by atomic mass is 32.2. The van der Waals surface area contributed by atoms with Gasteiger partial charge < -0.3 is 19.7 Å². The minimum absolute atomic E-state index is 0.0343. The third kappa shape index (κ3) is 7.11. The molecule has 0 bridgehead atoms. The van der Waals surface area contributed by atoms with Gasteiger partial charge in [0.25, 0.3) is 0 Å². The molecule has 2 heterocycles. The number of nitrogens with zero attached hydrogens (tertiary/aromatic N) is 1. The quantitative estimate of drug-likeness (QED) is 0.238. The lowest BCUT2D eigenvalue weighted by Gasteiger charge is -2.44. The summed E-state index contributed by atoms with van der Waals surface area (Å²) in [5.74, 6) is -0.114. The van der Waals surface area contributed by atoms with E-state index in [-0.39, 0.29) is 42.3 Å². The minimum Gasteiger partial charge on any atom is -0.392 e. The fraction of sp³-hybridized carbons (Fsp3) is 0.314. The van der Waals surface area contributed by atoms with Crippen LogP contribution in [0.25, 0.3) is 0 Å². The van der Waals surface area contributed by atoms with Crippen molar-refractivity contribution in [3.05, 3.63) is 137 Å². The first-order valence-electron chi connectivity index (χ1n) is 15.0. The molecule has 0 radical (unpaired) electrons. The van der Waals surface area contributed by atoms with Crippen LogP contribution in [0.4, 0.5) is 0 Å². The van der Waals surface area contributed by atoms with Crippen molar-refractivity contribution in [2.75, 3.05) is 19.6 Å². The molecule has 2 fully saturated rings. The number of hydrogen-bond acceptors (Lipinski definition) is 7. The second-order valence-electron chi connectivity index (χ2n) is 11.5. The van der Waals surface area contributed by atoms with E-state index in [0.29, 0.717) is 13.1 Å². The Morgan fingerprint density at radius 1 is 0.773 bits per heavy atom. The first kappa shape index (κ1) is 30.6. The van der Waals surface area contributed by atoms with Crippen molar-refractivity contribution in [2.45, 2.75) is 55.0 Å². The van der Waals surface area contributed by atoms with E-state index in [1.807, 2.05) is 66.7 Å². The largest absolute Gasteiger partial charge is 0.392 e. The summed E-state index contributed by atoms with van der Waals surface area (Å²) in [5, 5.41) is 19.9. The summed E-state index contributed by atoms with van der Waals surface area (Å²) in [6, 6.07) is 34.0. The van der Waals surface area contributed by atoms with Crippen LogP contribution >= 0.6 is 0 Å². The van der Waals surface area contributed by atoms with Crippen molar-refractivity contribution in [1.29, 1.82) is 0 Å². The summed E-state index contributed by atoms with van der Waals surface area (Å²) in [7, 11) is -3.62. The molecule has 230 valence electrons. The summed E-state index contributed by atoms with van der Waals surface area (Å²) in [6.07, 6.45) is -0.829. The van der Waals surface area contributed by atoms with Crippen molar-refractivity contribution in [2.24, 2.45) is 0 Å². The van der Waals surface area contributed by atoms with E-state index in [2.05, 4.69) is 21.8 Å². The van der Waals surface area contributed by atoms with Crippen LogP contribution in [0.2, 0.25) is 0 Å². The number of sulfonamides is 1. The Morgan fingerprint density at radius 3 is 2.05 bits per heavy atom. The average molecular weight is 615 g/mol. The molecular weight excluding hydrogens is 576 g/mol. The predicted molar refractivity (Wildman–Crippen MR) is 167 cm³/mol. The molecule has 1 unspecified atom stereocenters. The van der Waals surface area contributed by atoms with Crippen molar-refractivity contribution in [3.8, 4) is 0 Å². The smallest absolute Gasteiger partial charge is 0.240 e. The Balaban J connectivity index is 1.27. The van der Waals surface area contributed by atoms with Gasteiger partial charge in [-0.2, -0.15) is 0 Å². The number of aliphatic hydroxyl groups is 2. The Morgan fingerprint density at radius 2 is 1.41 bits per heavy atom. The summed E-state index contributed by atoms with van der Waals surface area (Å²) in [6.45, 7) is 2.17. The van der Waals surface area contributed by atoms with Gasteiger partial charge in [-0.25, -0.2) is 13.1 Å². The second kappa shape index (κ2) is 13.7. The molecule has 9 heteroatoms. The predicted octanol–water partition coefficient (Wildman–Crippen LogP) is 4.66. The van der Waals surface area contributed by atoms with Gasteiger partial charge in [0.2, 0.25) is 10.0 Å². The van der Waals surface area contributed by atoms with Gasteiger partial charge in [0, 0.05) is 37.7 Å². The van der Waals surface area contributed by atoms with Gasteiger partial charge in [0.1, 0.15) is 0 Å². The first-order chi connectivity index (χ1) is 21.4. The van der Waals surface area contributed by atoms with E-state index in [0.717, 1.165) is 40.8 Å². The number of hydrogen-bond donors (Lipinski definition) is 3. The van der Waals surface area contributed by atoms with Crippen molar-refractivity contribution in [1.82, 2.24) is 9.62 Å². The molecule has 4 aromatic rings. The molecule has 4 aromatic carbocycles. The monoisotopic (exact) mass is 614 g/mol. The molecule has 44 heavy (non-hydrogen) atoms. The molecule has 8 nitrogen and oxygen atoms in total. The Bertz CT molecular complexity index is 1600. The molecule has 0 aromatic heterocycles. The van der Waals surface area contributed by atoms with Crippen LogP contribution in [0.5, 0.6) is 0 Å². The zero-order chi connectivity index (χ0) is 30.5. The summed E-state index contributed by atoms with van der Waals surface area (Å²) < 4.78 is 41.6. The molecular formula is C35H38N2O6S. The van der Waals surface area contributed by atoms with Crippen LogP contribution in [0.15, 0.2) is 114 Å². The van der Waals surface area contributed by atoms with Crippen molar-refractivity contribution in [3.63, 3.8) is 0 Å². The van der Waals surface area contributed by atoms with Gasteiger partial charge in [-0.1, -0.05) is 97.1 Å². The van der Waals surface area contributed by atoms with E-state index in [4.69, 9.17) is 9.47 Å². The molecule has 6 rings (SSSR count). The van der Waals surface area contributed by atoms with Gasteiger partial charge in [-0.05, 0) is 40.8 Å². The number of β-amino-alcohol motifs (C(OH)–C–C–N with tert-alkyl or cyclic N) is 1. The third-order valence-electron chi connectivity index (χ3n) is 8.43. The van der Waals surface area contributed by atoms with E-state index in [1.54, 1.807) is 30.3 Å². The van der Waals surface area contributed by atoms with Gasteiger partial charge in [-0.3, -0.25) is 4.90 Å². The zero-order valence-electron chi connectivity index (χ0n) is 24.4. The summed E-state index contributed by atoms with van der Waals surface area (Å²) >= 11 is 0. The number of ether oxygens (including phenoxy) is 2. The Hall–Kier alpha value is -3.41. The fourth-order valence-electron chi connectivity index (χ4n) is 6.05. The molecule has 2 aliphatic rings. The number of likely N-dealkylation sites (tertiary alicyclic amines) is 1. The maximum atomic E-state index is 12.7. The highest BCUT2D eigenvalue weighted by Crippen LogP contribution is 2.47. The maximum absolute atomic E-state index is 12.7. The van der Waals surface area contributed by atoms with E-state index in [1.165, 1.54) is 0 Å². The average Bonchev–Trinajstić information content (AvgIpc) is 3.48. The van der Waals surface area contributed by atoms with E-state index >= 15 is 0 Å². The van der Waals surface area contributed by atoms with Crippen LogP contribution in [0.3, 0.4) is 0 Å². The number of benzene rings is 4. The van der Waals surface area contributed by atoms with Crippen LogP contribution in [0, 0.1) is 0 Å². The van der Waals surface area contributed by atoms with Crippen LogP contribution in [-0.2, 0) is 32.6 Å². The van der Waals surface area contributed by atoms with Gasteiger partial charge in [0.15, 0.2) is 6.29 Å². The van der Waals surface area contributed by atoms with Gasteiger partial charge in [-0.15, -0.1) is 0 Å². The number of rotatable bonds is 10. The van der Waals surface area contributed by atoms with E-state index < -0.39 is 16.3 Å². The number of nitrogens with one attached hydrogen (secondary N) is 1. The molecule has 3 N–H and O–H groups in total. The topological polar surface area (TPSA) is 108 Å². The lowest BCUT2D eigenvalue weighted by Crippen LogP contribution is -2.44. The van der Waals surface area contributed by atoms with Crippen molar-refractivity contribution >= 4 is 10.0 Å². The van der Waals surface area contributed by atoms with Gasteiger partial charge >= 0.3 is 0 Å². The van der Waals surface area contributed by atoms with Crippen LogP contribution < -0.4 is 4.72 Å². The number of aliphatic hydroxyl groups excluding tert-OH is 2. The zero-order valence-corrected chi connectivity index (χ0v) is 25.2. The molecule has 0 amide bonds. The molecule has 0 aliphatic carbocycles. The SMILES string of the molecule is O=S(=O)(NCc1ccc(C2O[C@H](CN3CC[C@@H](O)C3)[C@@H](c3ccccc3)[C@H](c3ccc(CO)cc3)O2)cc1)c1ccccc1. The normalized spacial score (nSPS) is 24.4. The second-order valence-corrected chi connectivity index (χ2v) is 13.2. The lowest BCUT2D eigenvalue weighted by molar-refractivity contribution is -0.263. The summed E-state index contributed by atoms with van der Waals surface area (Å²) in [4.78, 5) is 2.48.